The first-order chi connectivity index (χ1) is 12.6. The lowest BCUT2D eigenvalue weighted by Gasteiger charge is -2.30. The summed E-state index contributed by atoms with van der Waals surface area (Å²) in [6.07, 6.45) is 4.64. The summed E-state index contributed by atoms with van der Waals surface area (Å²) in [6, 6.07) is 8.51. The number of likely N-dealkylation sites (N-methyl/N-ethyl adjacent to an activating group) is 1. The third kappa shape index (κ3) is 2.93. The third-order valence-corrected chi connectivity index (χ3v) is 7.08. The van der Waals surface area contributed by atoms with Gasteiger partial charge in [-0.2, -0.15) is 4.31 Å². The molecule has 2 aromatic rings. The van der Waals surface area contributed by atoms with Crippen LogP contribution in [-0.2, 0) is 10.0 Å². The quantitative estimate of drug-likeness (QED) is 0.799. The molecule has 2 aliphatic rings. The number of sulfonamides is 1. The van der Waals surface area contributed by atoms with E-state index in [4.69, 9.17) is 4.74 Å². The lowest BCUT2D eigenvalue weighted by Crippen LogP contribution is -2.46. The number of anilines is 1. The first-order valence-corrected chi connectivity index (χ1v) is 10.3. The van der Waals surface area contributed by atoms with E-state index in [0.29, 0.717) is 37.6 Å². The van der Waals surface area contributed by atoms with Gasteiger partial charge in [-0.05, 0) is 24.6 Å². The lowest BCUT2D eigenvalue weighted by atomic mass is 10.1. The Balaban J connectivity index is 1.69. The number of hydrogen-bond donors (Lipinski definition) is 0. The summed E-state index contributed by atoms with van der Waals surface area (Å²) < 4.78 is 34.2. The number of aromatic nitrogens is 2. The maximum Gasteiger partial charge on any atom is 0.247 e. The van der Waals surface area contributed by atoms with Crippen molar-refractivity contribution in [2.45, 2.75) is 36.8 Å². The van der Waals surface area contributed by atoms with Crippen LogP contribution in [0.15, 0.2) is 47.6 Å². The molecule has 0 spiro atoms. The van der Waals surface area contributed by atoms with Crippen molar-refractivity contribution in [3.63, 3.8) is 0 Å². The molecule has 8 heteroatoms. The van der Waals surface area contributed by atoms with Gasteiger partial charge >= 0.3 is 0 Å². The number of rotatable bonds is 2. The van der Waals surface area contributed by atoms with Gasteiger partial charge in [0.15, 0.2) is 0 Å². The van der Waals surface area contributed by atoms with Crippen LogP contribution in [0.3, 0.4) is 0 Å². The molecule has 1 saturated heterocycles. The highest BCUT2D eigenvalue weighted by molar-refractivity contribution is 7.89. The zero-order valence-electron chi connectivity index (χ0n) is 14.7. The average molecular weight is 374 g/mol. The first kappa shape index (κ1) is 17.2. The van der Waals surface area contributed by atoms with Crippen LogP contribution in [0.4, 0.5) is 5.95 Å². The van der Waals surface area contributed by atoms with Gasteiger partial charge in [0.05, 0.1) is 6.04 Å². The molecule has 0 unspecified atom stereocenters. The second-order valence-electron chi connectivity index (χ2n) is 6.49. The predicted molar refractivity (Wildman–Crippen MR) is 97.7 cm³/mol. The molecule has 2 atom stereocenters. The van der Waals surface area contributed by atoms with Crippen molar-refractivity contribution in [3.05, 3.63) is 42.7 Å². The molecule has 0 N–H and O–H groups in total. The normalized spacial score (nSPS) is 25.3. The van der Waals surface area contributed by atoms with E-state index < -0.39 is 10.0 Å². The second kappa shape index (κ2) is 6.85. The lowest BCUT2D eigenvalue weighted by molar-refractivity contribution is 0.115. The number of hydrogen-bond acceptors (Lipinski definition) is 6. The van der Waals surface area contributed by atoms with E-state index in [1.54, 1.807) is 41.0 Å². The van der Waals surface area contributed by atoms with E-state index in [1.165, 1.54) is 0 Å². The summed E-state index contributed by atoms with van der Waals surface area (Å²) in [5, 5.41) is 0. The molecule has 4 rings (SSSR count). The van der Waals surface area contributed by atoms with E-state index >= 15 is 0 Å². The maximum absolute atomic E-state index is 13.2. The van der Waals surface area contributed by atoms with Crippen LogP contribution in [-0.4, -0.2) is 54.5 Å². The Kier molecular flexibility index (Phi) is 4.54. The number of nitrogens with zero attached hydrogens (tertiary/aromatic N) is 4. The number of benzene rings is 1. The van der Waals surface area contributed by atoms with Gasteiger partial charge in [0, 0.05) is 38.4 Å². The summed E-state index contributed by atoms with van der Waals surface area (Å²) in [5.74, 6) is 1.12. The zero-order chi connectivity index (χ0) is 18.1. The van der Waals surface area contributed by atoms with Crippen molar-refractivity contribution in [3.8, 4) is 5.75 Å². The summed E-state index contributed by atoms with van der Waals surface area (Å²) >= 11 is 0. The third-order valence-electron chi connectivity index (χ3n) is 5.04. The smallest absolute Gasteiger partial charge is 0.247 e. The van der Waals surface area contributed by atoms with E-state index in [2.05, 4.69) is 14.9 Å². The van der Waals surface area contributed by atoms with Crippen LogP contribution in [0.1, 0.15) is 19.8 Å². The molecule has 0 amide bonds. The summed E-state index contributed by atoms with van der Waals surface area (Å²) in [4.78, 5) is 11.0. The highest BCUT2D eigenvalue weighted by Gasteiger charge is 2.42. The van der Waals surface area contributed by atoms with Crippen molar-refractivity contribution in [2.75, 3.05) is 24.5 Å². The monoisotopic (exact) mass is 374 g/mol. The van der Waals surface area contributed by atoms with Gasteiger partial charge in [0.1, 0.15) is 16.7 Å². The first-order valence-electron chi connectivity index (χ1n) is 8.90. The standard InChI is InChI=1S/C18H22N4O3S/c1-2-22-14-8-12-21(18-19-10-5-11-20-18)13-9-15(14)25-16-6-3-4-7-17(16)26(22,23)24/h3-7,10-11,14-15H,2,8-9,12-13H2,1H3/t14-,15-/m1/s1. The van der Waals surface area contributed by atoms with Crippen LogP contribution in [0.2, 0.25) is 0 Å². The van der Waals surface area contributed by atoms with Gasteiger partial charge in [-0.15, -0.1) is 0 Å². The molecule has 1 fully saturated rings. The highest BCUT2D eigenvalue weighted by Crippen LogP contribution is 2.36. The minimum absolute atomic E-state index is 0.193. The Labute approximate surface area is 153 Å². The minimum atomic E-state index is -3.58. The van der Waals surface area contributed by atoms with Crippen LogP contribution in [0.5, 0.6) is 5.75 Å². The van der Waals surface area contributed by atoms with Gasteiger partial charge in [0.25, 0.3) is 0 Å². The summed E-state index contributed by atoms with van der Waals surface area (Å²) in [6.45, 7) is 3.72. The second-order valence-corrected chi connectivity index (χ2v) is 8.35. The summed E-state index contributed by atoms with van der Waals surface area (Å²) in [5.41, 5.74) is 0. The fraction of sp³-hybridized carbons (Fsp3) is 0.444. The molecule has 1 aromatic carbocycles. The van der Waals surface area contributed by atoms with Crippen molar-refractivity contribution < 1.29 is 13.2 Å². The van der Waals surface area contributed by atoms with Gasteiger partial charge in [0.2, 0.25) is 16.0 Å². The fourth-order valence-corrected chi connectivity index (χ4v) is 5.63. The van der Waals surface area contributed by atoms with Crippen molar-refractivity contribution in [2.24, 2.45) is 0 Å². The highest BCUT2D eigenvalue weighted by atomic mass is 32.2. The van der Waals surface area contributed by atoms with Crippen LogP contribution in [0, 0.1) is 0 Å². The summed E-state index contributed by atoms with van der Waals surface area (Å²) in [7, 11) is -3.58. The van der Waals surface area contributed by atoms with Crippen molar-refractivity contribution >= 4 is 16.0 Å². The number of fused-ring (bicyclic) bond motifs is 2. The van der Waals surface area contributed by atoms with E-state index in [0.717, 1.165) is 6.54 Å². The van der Waals surface area contributed by atoms with E-state index in [-0.39, 0.29) is 17.0 Å². The van der Waals surface area contributed by atoms with Gasteiger partial charge in [-0.25, -0.2) is 18.4 Å². The number of ether oxygens (including phenoxy) is 1. The van der Waals surface area contributed by atoms with Gasteiger partial charge in [-0.1, -0.05) is 19.1 Å². The zero-order valence-corrected chi connectivity index (χ0v) is 15.5. The van der Waals surface area contributed by atoms with Crippen LogP contribution in [0.25, 0.3) is 0 Å². The number of para-hydroxylation sites is 1. The molecular weight excluding hydrogens is 352 g/mol. The fourth-order valence-electron chi connectivity index (χ4n) is 3.82. The SMILES string of the molecule is CCN1[C@@H]2CCN(c3ncccn3)CC[C@H]2Oc2ccccc2S1(=O)=O. The Morgan fingerprint density at radius 1 is 1.12 bits per heavy atom. The predicted octanol–water partition coefficient (Wildman–Crippen LogP) is 1.92. The molecule has 1 aromatic heterocycles. The van der Waals surface area contributed by atoms with Gasteiger partial charge in [-0.3, -0.25) is 0 Å². The largest absolute Gasteiger partial charge is 0.487 e. The molecule has 26 heavy (non-hydrogen) atoms. The molecule has 2 aliphatic heterocycles. The Morgan fingerprint density at radius 2 is 1.85 bits per heavy atom. The molecule has 0 saturated carbocycles. The van der Waals surface area contributed by atoms with Crippen LogP contribution < -0.4 is 9.64 Å². The Hall–Kier alpha value is -2.19. The minimum Gasteiger partial charge on any atom is -0.487 e. The van der Waals surface area contributed by atoms with E-state index in [1.807, 2.05) is 13.0 Å². The molecular formula is C18H22N4O3S. The molecule has 0 aliphatic carbocycles. The average Bonchev–Trinajstić information content (AvgIpc) is 2.90. The topological polar surface area (TPSA) is 75.6 Å². The molecule has 3 heterocycles. The van der Waals surface area contributed by atoms with Crippen molar-refractivity contribution in [1.29, 1.82) is 0 Å². The molecule has 0 radical (unpaired) electrons. The maximum atomic E-state index is 13.2. The van der Waals surface area contributed by atoms with Crippen molar-refractivity contribution in [1.82, 2.24) is 14.3 Å². The molecule has 0 bridgehead atoms. The van der Waals surface area contributed by atoms with E-state index in [9.17, 15) is 8.42 Å². The Bertz CT molecular complexity index is 875. The molecule has 138 valence electrons. The Morgan fingerprint density at radius 3 is 2.62 bits per heavy atom. The van der Waals surface area contributed by atoms with Gasteiger partial charge < -0.3 is 9.64 Å². The van der Waals surface area contributed by atoms with Crippen LogP contribution >= 0.6 is 0 Å². The molecule has 7 nitrogen and oxygen atoms in total.